The van der Waals surface area contributed by atoms with E-state index in [4.69, 9.17) is 0 Å². The molecule has 0 bridgehead atoms. The predicted molar refractivity (Wildman–Crippen MR) is 87.6 cm³/mol. The summed E-state index contributed by atoms with van der Waals surface area (Å²) >= 11 is 1.58. The highest BCUT2D eigenvalue weighted by atomic mass is 32.2. The molecule has 0 fully saturated rings. The molecule has 1 aromatic carbocycles. The quantitative estimate of drug-likeness (QED) is 0.869. The second kappa shape index (κ2) is 6.45. The fraction of sp³-hybridized carbons (Fsp3) is 0.400. The van der Waals surface area contributed by atoms with Crippen molar-refractivity contribution >= 4 is 21.2 Å². The normalized spacial score (nSPS) is 15.0. The Balaban J connectivity index is 2.09. The van der Waals surface area contributed by atoms with Crippen LogP contribution in [-0.4, -0.2) is 43.3 Å². The van der Waals surface area contributed by atoms with Gasteiger partial charge in [-0.2, -0.15) is 0 Å². The van der Waals surface area contributed by atoms with Crippen LogP contribution in [0.25, 0.3) is 0 Å². The molecule has 0 radical (unpaired) electrons. The van der Waals surface area contributed by atoms with Crippen LogP contribution >= 0.6 is 11.3 Å². The molecule has 0 aliphatic heterocycles. The van der Waals surface area contributed by atoms with Crippen LogP contribution in [0.4, 0.5) is 0 Å². The lowest BCUT2D eigenvalue weighted by Gasteiger charge is -2.29. The number of benzene rings is 1. The highest BCUT2D eigenvalue weighted by molar-refractivity contribution is 7.90. The number of nitrogens with zero attached hydrogens (tertiary/aromatic N) is 2. The first-order chi connectivity index (χ1) is 10.2. The number of aromatic nitrogens is 1. The van der Waals surface area contributed by atoms with Gasteiger partial charge in [-0.25, -0.2) is 13.4 Å². The van der Waals surface area contributed by atoms with E-state index >= 15 is 0 Å². The molecule has 0 saturated carbocycles. The molecule has 1 N–H and O–H groups in total. The first-order valence-corrected chi connectivity index (χ1v) is 9.55. The van der Waals surface area contributed by atoms with Gasteiger partial charge in [0.1, 0.15) is 5.01 Å². The molecule has 1 heterocycles. The summed E-state index contributed by atoms with van der Waals surface area (Å²) in [6.07, 6.45) is 2.93. The number of thiazole rings is 1. The largest absolute Gasteiger partial charge is 0.384 e. The van der Waals surface area contributed by atoms with Crippen LogP contribution in [0.3, 0.4) is 0 Å². The Morgan fingerprint density at radius 1 is 1.32 bits per heavy atom. The van der Waals surface area contributed by atoms with Gasteiger partial charge in [0.05, 0.1) is 17.0 Å². The van der Waals surface area contributed by atoms with Gasteiger partial charge in [0.15, 0.2) is 9.84 Å². The van der Waals surface area contributed by atoms with E-state index in [1.54, 1.807) is 36.6 Å². The van der Waals surface area contributed by atoms with Crippen LogP contribution in [0.5, 0.6) is 0 Å². The third-order valence-electron chi connectivity index (χ3n) is 3.37. The van der Waals surface area contributed by atoms with Crippen molar-refractivity contribution in [2.75, 3.05) is 19.8 Å². The van der Waals surface area contributed by atoms with E-state index in [0.29, 0.717) is 18.7 Å². The highest BCUT2D eigenvalue weighted by Crippen LogP contribution is 2.24. The SMILES string of the molecule is CN(Cc1nccs1)C[C@@](C)(O)c1ccc(S(C)(=O)=O)cc1. The minimum atomic E-state index is -3.22. The molecule has 1 atom stereocenters. The molecule has 0 saturated heterocycles. The summed E-state index contributed by atoms with van der Waals surface area (Å²) < 4.78 is 22.9. The molecule has 1 aromatic heterocycles. The van der Waals surface area contributed by atoms with E-state index < -0.39 is 15.4 Å². The zero-order valence-corrected chi connectivity index (χ0v) is 14.5. The Kier molecular flexibility index (Phi) is 5.01. The number of hydrogen-bond acceptors (Lipinski definition) is 6. The first-order valence-electron chi connectivity index (χ1n) is 6.78. The van der Waals surface area contributed by atoms with Gasteiger partial charge in [0.25, 0.3) is 0 Å². The van der Waals surface area contributed by atoms with Gasteiger partial charge in [-0.05, 0) is 31.7 Å². The van der Waals surface area contributed by atoms with Crippen LogP contribution in [0.1, 0.15) is 17.5 Å². The second-order valence-corrected chi connectivity index (χ2v) is 8.66. The van der Waals surface area contributed by atoms with Crippen molar-refractivity contribution in [2.24, 2.45) is 0 Å². The summed E-state index contributed by atoms with van der Waals surface area (Å²) in [6.45, 7) is 2.81. The maximum absolute atomic E-state index is 11.5. The van der Waals surface area contributed by atoms with Crippen LogP contribution in [-0.2, 0) is 22.0 Å². The number of rotatable bonds is 6. The molecule has 5 nitrogen and oxygen atoms in total. The van der Waals surface area contributed by atoms with Gasteiger partial charge in [0, 0.05) is 24.4 Å². The van der Waals surface area contributed by atoms with Crippen LogP contribution < -0.4 is 0 Å². The Hall–Kier alpha value is -1.28. The van der Waals surface area contributed by atoms with Crippen molar-refractivity contribution in [2.45, 2.75) is 24.0 Å². The molecule has 0 amide bonds. The van der Waals surface area contributed by atoms with E-state index in [1.807, 2.05) is 17.3 Å². The minimum Gasteiger partial charge on any atom is -0.384 e. The van der Waals surface area contributed by atoms with Gasteiger partial charge < -0.3 is 5.11 Å². The molecular weight excluding hydrogens is 320 g/mol. The predicted octanol–water partition coefficient (Wildman–Crippen LogP) is 1.89. The molecule has 7 heteroatoms. The van der Waals surface area contributed by atoms with Crippen molar-refractivity contribution in [3.05, 3.63) is 46.4 Å². The van der Waals surface area contributed by atoms with Gasteiger partial charge in [-0.1, -0.05) is 12.1 Å². The molecule has 0 unspecified atom stereocenters. The summed E-state index contributed by atoms with van der Waals surface area (Å²) in [7, 11) is -1.30. The van der Waals surface area contributed by atoms with Crippen molar-refractivity contribution in [3.63, 3.8) is 0 Å². The molecule has 0 aliphatic carbocycles. The van der Waals surface area contributed by atoms with Crippen LogP contribution in [0.2, 0.25) is 0 Å². The topological polar surface area (TPSA) is 70.5 Å². The number of hydrogen-bond donors (Lipinski definition) is 1. The third-order valence-corrected chi connectivity index (χ3v) is 5.26. The molecule has 2 aromatic rings. The van der Waals surface area contributed by atoms with Crippen molar-refractivity contribution < 1.29 is 13.5 Å². The van der Waals surface area contributed by atoms with E-state index in [0.717, 1.165) is 5.01 Å². The summed E-state index contributed by atoms with van der Waals surface area (Å²) in [5.41, 5.74) is -0.381. The summed E-state index contributed by atoms with van der Waals surface area (Å²) in [4.78, 5) is 6.47. The van der Waals surface area contributed by atoms with Gasteiger partial charge in [0.2, 0.25) is 0 Å². The third kappa shape index (κ3) is 4.36. The van der Waals surface area contributed by atoms with Gasteiger partial charge in [-0.15, -0.1) is 11.3 Å². The molecule has 0 aliphatic rings. The molecule has 120 valence electrons. The maximum atomic E-state index is 11.5. The average Bonchev–Trinajstić information content (AvgIpc) is 2.90. The Morgan fingerprint density at radius 3 is 2.45 bits per heavy atom. The minimum absolute atomic E-state index is 0.253. The maximum Gasteiger partial charge on any atom is 0.175 e. The van der Waals surface area contributed by atoms with Gasteiger partial charge >= 0.3 is 0 Å². The van der Waals surface area contributed by atoms with Crippen LogP contribution in [0.15, 0.2) is 40.7 Å². The Labute approximate surface area is 135 Å². The average molecular weight is 340 g/mol. The Morgan fingerprint density at radius 2 is 1.95 bits per heavy atom. The van der Waals surface area contributed by atoms with E-state index in [1.165, 1.54) is 18.4 Å². The second-order valence-electron chi connectivity index (χ2n) is 5.67. The summed E-state index contributed by atoms with van der Waals surface area (Å²) in [6, 6.07) is 6.38. The van der Waals surface area contributed by atoms with Crippen molar-refractivity contribution in [3.8, 4) is 0 Å². The first kappa shape index (κ1) is 17.1. The van der Waals surface area contributed by atoms with Crippen LogP contribution in [0, 0.1) is 0 Å². The monoisotopic (exact) mass is 340 g/mol. The zero-order chi connectivity index (χ0) is 16.4. The molecule has 22 heavy (non-hydrogen) atoms. The Bertz CT molecular complexity index is 708. The lowest BCUT2D eigenvalue weighted by molar-refractivity contribution is 0.0213. The lowest BCUT2D eigenvalue weighted by atomic mass is 9.95. The van der Waals surface area contributed by atoms with Crippen molar-refractivity contribution in [1.82, 2.24) is 9.88 Å². The standard InChI is InChI=1S/C15H20N2O3S2/c1-15(18,11-17(2)10-14-16-8-9-21-14)12-4-6-13(7-5-12)22(3,19)20/h4-9,18H,10-11H2,1-3H3/t15-/m1/s1. The smallest absolute Gasteiger partial charge is 0.175 e. The van der Waals surface area contributed by atoms with Crippen molar-refractivity contribution in [1.29, 1.82) is 0 Å². The zero-order valence-electron chi connectivity index (χ0n) is 12.9. The lowest BCUT2D eigenvalue weighted by Crippen LogP contribution is -2.36. The fourth-order valence-electron chi connectivity index (χ4n) is 2.30. The molecular formula is C15H20N2O3S2. The van der Waals surface area contributed by atoms with E-state index in [9.17, 15) is 13.5 Å². The van der Waals surface area contributed by atoms with Gasteiger partial charge in [-0.3, -0.25) is 4.90 Å². The number of likely N-dealkylation sites (N-methyl/N-ethyl adjacent to an activating group) is 1. The number of sulfone groups is 1. The highest BCUT2D eigenvalue weighted by Gasteiger charge is 2.25. The van der Waals surface area contributed by atoms with E-state index in [2.05, 4.69) is 4.98 Å². The van der Waals surface area contributed by atoms with E-state index in [-0.39, 0.29) is 4.90 Å². The molecule has 2 rings (SSSR count). The molecule has 0 spiro atoms. The fourth-order valence-corrected chi connectivity index (χ4v) is 3.62. The summed E-state index contributed by atoms with van der Waals surface area (Å²) in [5, 5.41) is 13.6. The number of aliphatic hydroxyl groups is 1. The summed E-state index contributed by atoms with van der Waals surface area (Å²) in [5.74, 6) is 0.